The number of aryl methyl sites for hydroxylation is 1. The van der Waals surface area contributed by atoms with Gasteiger partial charge in [-0.25, -0.2) is 4.68 Å². The van der Waals surface area contributed by atoms with Crippen LogP contribution in [0.3, 0.4) is 0 Å². The summed E-state index contributed by atoms with van der Waals surface area (Å²) < 4.78 is 1.97. The summed E-state index contributed by atoms with van der Waals surface area (Å²) in [5, 5.41) is 8.67. The minimum Gasteiger partial charge on any atom is -0.232 e. The minimum absolute atomic E-state index is 0.218. The van der Waals surface area contributed by atoms with Crippen LogP contribution in [0.4, 0.5) is 0 Å². The third kappa shape index (κ3) is 2.49. The molecule has 96 valence electrons. The molecule has 0 N–H and O–H groups in total. The number of rotatable bonds is 3. The Bertz CT molecular complexity index is 688. The lowest BCUT2D eigenvalue weighted by atomic mass is 10.2. The quantitative estimate of drug-likeness (QED) is 0.672. The summed E-state index contributed by atoms with van der Waals surface area (Å²) in [6.45, 7) is 4.24. The number of fused-ring (bicyclic) bond motifs is 1. The second-order valence-corrected chi connectivity index (χ2v) is 5.94. The lowest BCUT2D eigenvalue weighted by molar-refractivity contribution is 0.631. The summed E-state index contributed by atoms with van der Waals surface area (Å²) in [7, 11) is 0. The minimum atomic E-state index is 0.218. The van der Waals surface area contributed by atoms with Gasteiger partial charge in [0, 0.05) is 4.90 Å². The predicted molar refractivity (Wildman–Crippen MR) is 79.3 cm³/mol. The number of para-hydroxylation sites is 1. The van der Waals surface area contributed by atoms with Gasteiger partial charge in [0.25, 0.3) is 0 Å². The molecule has 1 heterocycles. The molecule has 0 aliphatic carbocycles. The molecule has 0 saturated heterocycles. The molecule has 4 heteroatoms. The fraction of sp³-hybridized carbons (Fsp3) is 0.200. The lowest BCUT2D eigenvalue weighted by Crippen LogP contribution is -2.03. The summed E-state index contributed by atoms with van der Waals surface area (Å²) in [5.74, 6) is 0. The van der Waals surface area contributed by atoms with E-state index in [1.807, 2.05) is 22.9 Å². The highest BCUT2D eigenvalue weighted by Crippen LogP contribution is 2.31. The van der Waals surface area contributed by atoms with Gasteiger partial charge in [-0.15, -0.1) is 5.10 Å². The molecule has 0 aliphatic rings. The van der Waals surface area contributed by atoms with Crippen molar-refractivity contribution in [2.75, 3.05) is 0 Å². The largest absolute Gasteiger partial charge is 0.232 e. The molecule has 0 fully saturated rings. The van der Waals surface area contributed by atoms with E-state index >= 15 is 0 Å². The summed E-state index contributed by atoms with van der Waals surface area (Å²) in [4.78, 5) is 1.25. The molecule has 0 bridgehead atoms. The molecule has 0 radical (unpaired) electrons. The molecule has 2 aromatic carbocycles. The van der Waals surface area contributed by atoms with Gasteiger partial charge in [-0.3, -0.25) is 0 Å². The van der Waals surface area contributed by atoms with Gasteiger partial charge in [-0.05, 0) is 38.1 Å². The topological polar surface area (TPSA) is 30.7 Å². The maximum atomic E-state index is 4.25. The maximum absolute atomic E-state index is 4.25. The molecule has 0 saturated carbocycles. The van der Waals surface area contributed by atoms with E-state index in [1.54, 1.807) is 11.8 Å². The number of nitrogens with zero attached hydrogens (tertiary/aromatic N) is 3. The first kappa shape index (κ1) is 12.2. The zero-order valence-electron chi connectivity index (χ0n) is 10.9. The van der Waals surface area contributed by atoms with E-state index in [2.05, 4.69) is 54.5 Å². The van der Waals surface area contributed by atoms with Crippen LogP contribution in [0.5, 0.6) is 0 Å². The first-order valence-corrected chi connectivity index (χ1v) is 7.15. The second-order valence-electron chi connectivity index (χ2n) is 4.55. The van der Waals surface area contributed by atoms with Gasteiger partial charge in [-0.1, -0.05) is 46.8 Å². The Hall–Kier alpha value is -1.81. The Kier molecular flexibility index (Phi) is 3.25. The average molecular weight is 269 g/mol. The van der Waals surface area contributed by atoms with Crippen molar-refractivity contribution in [2.45, 2.75) is 24.1 Å². The highest BCUT2D eigenvalue weighted by molar-refractivity contribution is 7.99. The van der Waals surface area contributed by atoms with E-state index in [1.165, 1.54) is 10.5 Å². The summed E-state index contributed by atoms with van der Waals surface area (Å²) in [6.07, 6.45) is 0. The molecule has 0 amide bonds. The predicted octanol–water partition coefficient (Wildman–Crippen LogP) is 4.05. The first-order valence-electron chi connectivity index (χ1n) is 6.27. The number of thioether (sulfide) groups is 1. The molecular formula is C15H15N3S. The van der Waals surface area contributed by atoms with Crippen LogP contribution in [-0.4, -0.2) is 15.0 Å². The Labute approximate surface area is 116 Å². The van der Waals surface area contributed by atoms with Crippen molar-refractivity contribution in [1.29, 1.82) is 0 Å². The molecule has 0 spiro atoms. The van der Waals surface area contributed by atoms with Gasteiger partial charge in [-0.2, -0.15) is 0 Å². The molecule has 0 aliphatic heterocycles. The van der Waals surface area contributed by atoms with E-state index in [9.17, 15) is 0 Å². The van der Waals surface area contributed by atoms with Crippen molar-refractivity contribution >= 4 is 22.8 Å². The normalized spacial score (nSPS) is 12.7. The Morgan fingerprint density at radius 1 is 1.05 bits per heavy atom. The van der Waals surface area contributed by atoms with Crippen molar-refractivity contribution in [3.8, 4) is 0 Å². The third-order valence-electron chi connectivity index (χ3n) is 3.05. The van der Waals surface area contributed by atoms with Crippen molar-refractivity contribution in [2.24, 2.45) is 0 Å². The van der Waals surface area contributed by atoms with Gasteiger partial charge in [0.05, 0.1) is 5.52 Å². The number of benzene rings is 2. The van der Waals surface area contributed by atoms with Crippen LogP contribution in [0.2, 0.25) is 0 Å². The number of hydrogen-bond donors (Lipinski definition) is 0. The van der Waals surface area contributed by atoms with Gasteiger partial charge in [0.1, 0.15) is 10.9 Å². The Balaban J connectivity index is 1.87. The van der Waals surface area contributed by atoms with Gasteiger partial charge < -0.3 is 0 Å². The summed E-state index contributed by atoms with van der Waals surface area (Å²) in [6, 6.07) is 16.6. The fourth-order valence-corrected chi connectivity index (χ4v) is 2.96. The first-order chi connectivity index (χ1) is 9.24. The van der Waals surface area contributed by atoms with Crippen molar-refractivity contribution in [1.82, 2.24) is 15.0 Å². The van der Waals surface area contributed by atoms with E-state index in [-0.39, 0.29) is 5.37 Å². The van der Waals surface area contributed by atoms with Crippen LogP contribution in [0.15, 0.2) is 53.4 Å². The Morgan fingerprint density at radius 2 is 1.79 bits per heavy atom. The molecule has 1 atom stereocenters. The Morgan fingerprint density at radius 3 is 2.58 bits per heavy atom. The zero-order valence-corrected chi connectivity index (χ0v) is 11.8. The fourth-order valence-electron chi connectivity index (χ4n) is 2.02. The molecular weight excluding hydrogens is 254 g/mol. The number of hydrogen-bond acceptors (Lipinski definition) is 3. The van der Waals surface area contributed by atoms with Crippen LogP contribution in [-0.2, 0) is 0 Å². The van der Waals surface area contributed by atoms with E-state index in [0.29, 0.717) is 0 Å². The van der Waals surface area contributed by atoms with Crippen LogP contribution >= 0.6 is 11.8 Å². The summed E-state index contributed by atoms with van der Waals surface area (Å²) >= 11 is 1.79. The van der Waals surface area contributed by atoms with Crippen LogP contribution in [0.1, 0.15) is 17.9 Å². The van der Waals surface area contributed by atoms with Crippen molar-refractivity contribution < 1.29 is 0 Å². The van der Waals surface area contributed by atoms with Crippen LogP contribution < -0.4 is 0 Å². The molecule has 1 aromatic heterocycles. The standard InChI is InChI=1S/C15H15N3S/c1-11-7-9-13(10-8-11)19-12(2)18-15-6-4-3-5-14(15)16-17-18/h3-10,12H,1-2H3. The monoisotopic (exact) mass is 269 g/mol. The summed E-state index contributed by atoms with van der Waals surface area (Å²) in [5.41, 5.74) is 3.30. The average Bonchev–Trinajstić information content (AvgIpc) is 2.85. The third-order valence-corrected chi connectivity index (χ3v) is 4.13. The molecule has 1 unspecified atom stereocenters. The van der Waals surface area contributed by atoms with Crippen molar-refractivity contribution in [3.05, 3.63) is 54.1 Å². The SMILES string of the molecule is Cc1ccc(SC(C)n2nnc3ccccc32)cc1. The van der Waals surface area contributed by atoms with Gasteiger partial charge in [0.2, 0.25) is 0 Å². The maximum Gasteiger partial charge on any atom is 0.113 e. The van der Waals surface area contributed by atoms with Crippen LogP contribution in [0.25, 0.3) is 11.0 Å². The molecule has 3 nitrogen and oxygen atoms in total. The number of aromatic nitrogens is 3. The molecule has 19 heavy (non-hydrogen) atoms. The lowest BCUT2D eigenvalue weighted by Gasteiger charge is -2.12. The smallest absolute Gasteiger partial charge is 0.113 e. The van der Waals surface area contributed by atoms with Gasteiger partial charge >= 0.3 is 0 Å². The zero-order chi connectivity index (χ0) is 13.2. The van der Waals surface area contributed by atoms with E-state index in [0.717, 1.165) is 11.0 Å². The highest BCUT2D eigenvalue weighted by Gasteiger charge is 2.11. The molecule has 3 rings (SSSR count). The van der Waals surface area contributed by atoms with Gasteiger partial charge in [0.15, 0.2) is 0 Å². The highest BCUT2D eigenvalue weighted by atomic mass is 32.2. The van der Waals surface area contributed by atoms with E-state index < -0.39 is 0 Å². The van der Waals surface area contributed by atoms with Crippen LogP contribution in [0, 0.1) is 6.92 Å². The second kappa shape index (κ2) is 5.05. The van der Waals surface area contributed by atoms with E-state index in [4.69, 9.17) is 0 Å². The van der Waals surface area contributed by atoms with Crippen molar-refractivity contribution in [3.63, 3.8) is 0 Å². The molecule has 3 aromatic rings.